The lowest BCUT2D eigenvalue weighted by molar-refractivity contribution is -0.118. The van der Waals surface area contributed by atoms with E-state index in [1.54, 1.807) is 6.92 Å². The van der Waals surface area contributed by atoms with E-state index < -0.39 is 6.10 Å². The summed E-state index contributed by atoms with van der Waals surface area (Å²) in [5.41, 5.74) is 2.06. The van der Waals surface area contributed by atoms with E-state index in [0.29, 0.717) is 6.54 Å². The molecule has 2 rings (SSSR count). The van der Waals surface area contributed by atoms with Crippen molar-refractivity contribution >= 4 is 17.3 Å². The minimum atomic E-state index is -0.442. The zero-order chi connectivity index (χ0) is 18.2. The molecule has 25 heavy (non-hydrogen) atoms. The predicted octanol–water partition coefficient (Wildman–Crippen LogP) is 3.10. The van der Waals surface area contributed by atoms with Crippen LogP contribution in [-0.2, 0) is 4.79 Å². The van der Waals surface area contributed by atoms with Crippen molar-refractivity contribution in [2.24, 2.45) is 0 Å². The number of nitrogens with zero attached hydrogens (tertiary/aromatic N) is 2. The van der Waals surface area contributed by atoms with Gasteiger partial charge < -0.3 is 15.3 Å². The van der Waals surface area contributed by atoms with Gasteiger partial charge in [0.05, 0.1) is 12.6 Å². The fraction of sp³-hybridized carbons (Fsp3) is 0.650. The topological polar surface area (TPSA) is 55.8 Å². The number of rotatable bonds is 7. The number of anilines is 2. The monoisotopic (exact) mass is 347 g/mol. The van der Waals surface area contributed by atoms with E-state index in [-0.39, 0.29) is 18.5 Å². The Balaban J connectivity index is 1.90. The molecular formula is C20H33N3O2. The Morgan fingerprint density at radius 1 is 1.12 bits per heavy atom. The van der Waals surface area contributed by atoms with E-state index in [1.807, 2.05) is 30.9 Å². The lowest BCUT2D eigenvalue weighted by Gasteiger charge is -2.27. The van der Waals surface area contributed by atoms with E-state index >= 15 is 0 Å². The Bertz CT molecular complexity index is 520. The maximum Gasteiger partial charge on any atom is 0.238 e. The molecule has 0 aromatic heterocycles. The van der Waals surface area contributed by atoms with Crippen LogP contribution in [0.1, 0.15) is 46.5 Å². The first-order valence-electron chi connectivity index (χ1n) is 9.52. The number of benzene rings is 1. The van der Waals surface area contributed by atoms with Crippen LogP contribution < -0.4 is 10.2 Å². The molecule has 2 N–H and O–H groups in total. The highest BCUT2D eigenvalue weighted by atomic mass is 16.3. The maximum atomic E-state index is 12.3. The highest BCUT2D eigenvalue weighted by Crippen LogP contribution is 2.21. The molecule has 1 amide bonds. The number of nitrogens with one attached hydrogen (secondary N) is 1. The second kappa shape index (κ2) is 9.78. The van der Waals surface area contributed by atoms with Gasteiger partial charge in [-0.05, 0) is 57.9 Å². The number of hydrogen-bond acceptors (Lipinski definition) is 4. The molecule has 0 aliphatic carbocycles. The fourth-order valence-corrected chi connectivity index (χ4v) is 3.27. The lowest BCUT2D eigenvalue weighted by atomic mass is 10.2. The highest BCUT2D eigenvalue weighted by Gasteiger charge is 2.16. The Morgan fingerprint density at radius 2 is 1.72 bits per heavy atom. The van der Waals surface area contributed by atoms with Gasteiger partial charge in [0.25, 0.3) is 0 Å². The summed E-state index contributed by atoms with van der Waals surface area (Å²) < 4.78 is 0. The summed E-state index contributed by atoms with van der Waals surface area (Å²) in [5.74, 6) is -0.0446. The number of aliphatic hydroxyl groups is 1. The zero-order valence-corrected chi connectivity index (χ0v) is 15.9. The van der Waals surface area contributed by atoms with Crippen molar-refractivity contribution in [3.05, 3.63) is 24.3 Å². The lowest BCUT2D eigenvalue weighted by Crippen LogP contribution is -2.41. The van der Waals surface area contributed by atoms with Crippen LogP contribution in [0.4, 0.5) is 11.4 Å². The third-order valence-electron chi connectivity index (χ3n) is 4.70. The molecule has 0 radical (unpaired) electrons. The average molecular weight is 348 g/mol. The summed E-state index contributed by atoms with van der Waals surface area (Å²) in [4.78, 5) is 16.7. The third-order valence-corrected chi connectivity index (χ3v) is 4.70. The van der Waals surface area contributed by atoms with Gasteiger partial charge in [0.15, 0.2) is 0 Å². The van der Waals surface area contributed by atoms with Crippen LogP contribution in [0.25, 0.3) is 0 Å². The zero-order valence-electron chi connectivity index (χ0n) is 15.9. The molecule has 5 heteroatoms. The summed E-state index contributed by atoms with van der Waals surface area (Å²) in [7, 11) is 0. The third kappa shape index (κ3) is 6.67. The minimum Gasteiger partial charge on any atom is -0.392 e. The summed E-state index contributed by atoms with van der Waals surface area (Å²) in [6.07, 6.45) is 4.72. The van der Waals surface area contributed by atoms with Crippen LogP contribution in [0.2, 0.25) is 0 Å². The van der Waals surface area contributed by atoms with E-state index in [1.165, 1.54) is 31.4 Å². The van der Waals surface area contributed by atoms with Crippen LogP contribution >= 0.6 is 0 Å². The molecule has 5 nitrogen and oxygen atoms in total. The summed E-state index contributed by atoms with van der Waals surface area (Å²) in [6, 6.07) is 8.36. The molecule has 0 spiro atoms. The molecular weight excluding hydrogens is 314 g/mol. The largest absolute Gasteiger partial charge is 0.392 e. The standard InChI is InChI=1S/C20H33N3O2/c1-16(2)23(14-17(3)24)15-20(25)21-18-8-10-19(11-9-18)22-12-6-4-5-7-13-22/h8-11,16-17,24H,4-7,12-15H2,1-3H3,(H,21,25). The maximum absolute atomic E-state index is 12.3. The van der Waals surface area contributed by atoms with Crippen molar-refractivity contribution in [3.63, 3.8) is 0 Å². The van der Waals surface area contributed by atoms with Crippen molar-refractivity contribution in [1.29, 1.82) is 0 Å². The molecule has 1 aliphatic rings. The molecule has 1 saturated heterocycles. The normalized spacial score (nSPS) is 16.8. The van der Waals surface area contributed by atoms with Crippen LogP contribution in [0.15, 0.2) is 24.3 Å². The second-order valence-corrected chi connectivity index (χ2v) is 7.37. The van der Waals surface area contributed by atoms with Gasteiger partial charge >= 0.3 is 0 Å². The Labute approximate surface area is 152 Å². The van der Waals surface area contributed by atoms with Crippen molar-refractivity contribution < 1.29 is 9.90 Å². The van der Waals surface area contributed by atoms with Crippen LogP contribution in [0.3, 0.4) is 0 Å². The van der Waals surface area contributed by atoms with Crippen molar-refractivity contribution in [2.75, 3.05) is 36.4 Å². The number of carbonyl (C=O) groups excluding carboxylic acids is 1. The Kier molecular flexibility index (Phi) is 7.72. The Morgan fingerprint density at radius 3 is 2.24 bits per heavy atom. The Hall–Kier alpha value is -1.59. The summed E-state index contributed by atoms with van der Waals surface area (Å²) in [6.45, 7) is 8.84. The molecule has 1 fully saturated rings. The van der Waals surface area contributed by atoms with E-state index in [0.717, 1.165) is 18.8 Å². The SMILES string of the molecule is CC(O)CN(CC(=O)Nc1ccc(N2CCCCCC2)cc1)C(C)C. The van der Waals surface area contributed by atoms with E-state index in [9.17, 15) is 9.90 Å². The molecule has 1 aliphatic heterocycles. The number of hydrogen-bond donors (Lipinski definition) is 2. The molecule has 0 saturated carbocycles. The molecule has 1 heterocycles. The smallest absolute Gasteiger partial charge is 0.238 e. The molecule has 1 unspecified atom stereocenters. The second-order valence-electron chi connectivity index (χ2n) is 7.37. The van der Waals surface area contributed by atoms with Gasteiger partial charge in [-0.3, -0.25) is 9.69 Å². The minimum absolute atomic E-state index is 0.0446. The van der Waals surface area contributed by atoms with Crippen LogP contribution in [0, 0.1) is 0 Å². The molecule has 1 atom stereocenters. The highest BCUT2D eigenvalue weighted by molar-refractivity contribution is 5.92. The predicted molar refractivity (Wildman–Crippen MR) is 104 cm³/mol. The molecule has 1 aromatic carbocycles. The van der Waals surface area contributed by atoms with Crippen molar-refractivity contribution in [1.82, 2.24) is 4.90 Å². The fourth-order valence-electron chi connectivity index (χ4n) is 3.27. The van der Waals surface area contributed by atoms with Gasteiger partial charge in [0, 0.05) is 37.1 Å². The van der Waals surface area contributed by atoms with Crippen LogP contribution in [0.5, 0.6) is 0 Å². The number of aliphatic hydroxyl groups excluding tert-OH is 1. The van der Waals surface area contributed by atoms with Gasteiger partial charge in [-0.15, -0.1) is 0 Å². The first-order valence-corrected chi connectivity index (χ1v) is 9.52. The summed E-state index contributed by atoms with van der Waals surface area (Å²) in [5, 5.41) is 12.5. The first-order chi connectivity index (χ1) is 12.0. The quantitative estimate of drug-likeness (QED) is 0.796. The summed E-state index contributed by atoms with van der Waals surface area (Å²) >= 11 is 0. The van der Waals surface area contributed by atoms with Crippen molar-refractivity contribution in [2.45, 2.75) is 58.6 Å². The first kappa shape index (κ1) is 19.7. The van der Waals surface area contributed by atoms with Gasteiger partial charge in [-0.1, -0.05) is 12.8 Å². The van der Waals surface area contributed by atoms with E-state index in [4.69, 9.17) is 0 Å². The van der Waals surface area contributed by atoms with Crippen LogP contribution in [-0.4, -0.2) is 54.2 Å². The number of carbonyl (C=O) groups is 1. The van der Waals surface area contributed by atoms with Crippen molar-refractivity contribution in [3.8, 4) is 0 Å². The van der Waals surface area contributed by atoms with E-state index in [2.05, 4.69) is 22.3 Å². The average Bonchev–Trinajstić information content (AvgIpc) is 2.83. The van der Waals surface area contributed by atoms with Gasteiger partial charge in [0.1, 0.15) is 0 Å². The number of amides is 1. The molecule has 0 bridgehead atoms. The molecule has 1 aromatic rings. The van der Waals surface area contributed by atoms with Gasteiger partial charge in [-0.25, -0.2) is 0 Å². The molecule has 140 valence electrons. The van der Waals surface area contributed by atoms with Gasteiger partial charge in [0.2, 0.25) is 5.91 Å². The van der Waals surface area contributed by atoms with Gasteiger partial charge in [-0.2, -0.15) is 0 Å².